The quantitative estimate of drug-likeness (QED) is 0.249. The molecule has 0 radical (unpaired) electrons. The van der Waals surface area contributed by atoms with E-state index >= 15 is 0 Å². The lowest BCUT2D eigenvalue weighted by atomic mass is 10.1. The van der Waals surface area contributed by atoms with Gasteiger partial charge in [-0.15, -0.1) is 0 Å². The van der Waals surface area contributed by atoms with Gasteiger partial charge in [0.1, 0.15) is 17.5 Å². The molecular weight excluding hydrogens is 484 g/mol. The zero-order chi connectivity index (χ0) is 26.9. The lowest BCUT2D eigenvalue weighted by molar-refractivity contribution is -0.154. The second kappa shape index (κ2) is 12.7. The largest absolute Gasteiger partial charge is 0.467 e. The highest BCUT2D eigenvalue weighted by Crippen LogP contribution is 2.32. The Kier molecular flexibility index (Phi) is 8.89. The average Bonchev–Trinajstić information content (AvgIpc) is 3.31. The van der Waals surface area contributed by atoms with Gasteiger partial charge in [-0.1, -0.05) is 90.1 Å². The molecule has 1 heterocycles. The van der Waals surface area contributed by atoms with Gasteiger partial charge in [0.2, 0.25) is 0 Å². The summed E-state index contributed by atoms with van der Waals surface area (Å²) in [7, 11) is 1.35. The summed E-state index contributed by atoms with van der Waals surface area (Å²) in [6.45, 7) is 3.77. The molecule has 2 unspecified atom stereocenters. The molecule has 196 valence electrons. The molecule has 0 bridgehead atoms. The third-order valence-corrected chi connectivity index (χ3v) is 6.04. The number of benzene rings is 3. The number of amides is 1. The fraction of sp³-hybridized carbons (Fsp3) is 0.233. The molecule has 0 saturated heterocycles. The van der Waals surface area contributed by atoms with E-state index in [-0.39, 0.29) is 6.61 Å². The molecule has 4 aromatic rings. The lowest BCUT2D eigenvalue weighted by Gasteiger charge is -2.16. The number of aryl methyl sites for hydroxylation is 1. The average molecular weight is 515 g/mol. The smallest absolute Gasteiger partial charge is 0.412 e. The van der Waals surface area contributed by atoms with E-state index in [1.165, 1.54) is 7.11 Å². The van der Waals surface area contributed by atoms with Crippen LogP contribution >= 0.6 is 0 Å². The number of hydrogen-bond acceptors (Lipinski definition) is 7. The minimum Gasteiger partial charge on any atom is -0.467 e. The van der Waals surface area contributed by atoms with E-state index in [2.05, 4.69) is 10.5 Å². The van der Waals surface area contributed by atoms with E-state index in [9.17, 15) is 9.59 Å². The Labute approximate surface area is 221 Å². The topological polar surface area (TPSA) is 99.9 Å². The minimum absolute atomic E-state index is 0.219. The molecule has 3 aromatic carbocycles. The molecule has 0 aliphatic heterocycles. The van der Waals surface area contributed by atoms with Gasteiger partial charge in [0.05, 0.1) is 13.7 Å². The number of ether oxygens (including phenoxy) is 3. The minimum atomic E-state index is -0.723. The van der Waals surface area contributed by atoms with Gasteiger partial charge in [-0.05, 0) is 30.5 Å². The summed E-state index contributed by atoms with van der Waals surface area (Å²) in [5.74, 6) is -0.0115. The van der Waals surface area contributed by atoms with Crippen LogP contribution in [-0.4, -0.2) is 30.4 Å². The fourth-order valence-electron chi connectivity index (χ4n) is 3.92. The Morgan fingerprint density at radius 2 is 1.58 bits per heavy atom. The number of carbonyl (C=O) groups excluding carboxylic acids is 2. The first-order chi connectivity index (χ1) is 18.4. The van der Waals surface area contributed by atoms with Gasteiger partial charge in [-0.25, -0.2) is 9.59 Å². The van der Waals surface area contributed by atoms with Crippen molar-refractivity contribution in [3.8, 4) is 11.3 Å². The fourth-order valence-corrected chi connectivity index (χ4v) is 3.92. The van der Waals surface area contributed by atoms with Crippen LogP contribution in [0.25, 0.3) is 11.3 Å². The van der Waals surface area contributed by atoms with Gasteiger partial charge in [-0.2, -0.15) is 0 Å². The van der Waals surface area contributed by atoms with Gasteiger partial charge in [0.25, 0.3) is 0 Å². The highest BCUT2D eigenvalue weighted by Gasteiger charge is 2.22. The molecule has 8 nitrogen and oxygen atoms in total. The maximum atomic E-state index is 12.6. The molecule has 4 rings (SSSR count). The molecule has 0 aliphatic rings. The zero-order valence-corrected chi connectivity index (χ0v) is 21.5. The van der Waals surface area contributed by atoms with Crippen molar-refractivity contribution in [1.29, 1.82) is 0 Å². The number of methoxy groups -OCH3 is 1. The molecule has 0 fully saturated rings. The maximum absolute atomic E-state index is 12.6. The molecule has 0 saturated carbocycles. The van der Waals surface area contributed by atoms with Crippen molar-refractivity contribution < 1.29 is 28.3 Å². The first-order valence-corrected chi connectivity index (χ1v) is 12.3. The molecule has 1 aromatic heterocycles. The Morgan fingerprint density at radius 3 is 2.24 bits per heavy atom. The first kappa shape index (κ1) is 26.6. The zero-order valence-electron chi connectivity index (χ0n) is 21.5. The highest BCUT2D eigenvalue weighted by atomic mass is 16.6. The molecule has 1 amide bonds. The van der Waals surface area contributed by atoms with Crippen molar-refractivity contribution in [2.24, 2.45) is 0 Å². The van der Waals surface area contributed by atoms with Crippen LogP contribution in [0.15, 0.2) is 89.5 Å². The Balaban J connectivity index is 1.40. The SMILES string of the molecule is COC(=O)C(Cc1ccccc1)OCc1ccc(-c2onc(C)c2NC(=O)OC(C)c2ccccc2)cc1. The van der Waals surface area contributed by atoms with Crippen molar-refractivity contribution >= 4 is 17.7 Å². The molecule has 0 aliphatic carbocycles. The van der Waals surface area contributed by atoms with Crippen molar-refractivity contribution in [3.63, 3.8) is 0 Å². The van der Waals surface area contributed by atoms with E-state index in [1.807, 2.05) is 91.9 Å². The van der Waals surface area contributed by atoms with Crippen LogP contribution < -0.4 is 5.32 Å². The van der Waals surface area contributed by atoms with E-state index in [0.717, 1.165) is 22.3 Å². The van der Waals surface area contributed by atoms with Gasteiger partial charge >= 0.3 is 12.1 Å². The highest BCUT2D eigenvalue weighted by molar-refractivity contribution is 5.90. The predicted molar refractivity (Wildman–Crippen MR) is 142 cm³/mol. The van der Waals surface area contributed by atoms with Crippen LogP contribution in [0, 0.1) is 6.92 Å². The van der Waals surface area contributed by atoms with Crippen molar-refractivity contribution in [3.05, 3.63) is 107 Å². The number of anilines is 1. The van der Waals surface area contributed by atoms with Gasteiger partial charge in [0.15, 0.2) is 11.9 Å². The van der Waals surface area contributed by atoms with Crippen LogP contribution in [0.3, 0.4) is 0 Å². The summed E-state index contributed by atoms with van der Waals surface area (Å²) in [5.41, 5.74) is 4.41. The van der Waals surface area contributed by atoms with E-state index in [4.69, 9.17) is 18.7 Å². The Morgan fingerprint density at radius 1 is 0.921 bits per heavy atom. The van der Waals surface area contributed by atoms with Crippen LogP contribution in [0.4, 0.5) is 10.5 Å². The van der Waals surface area contributed by atoms with E-state index in [1.54, 1.807) is 6.92 Å². The van der Waals surface area contributed by atoms with Crippen molar-refractivity contribution in [2.45, 2.75) is 39.1 Å². The normalized spacial score (nSPS) is 12.4. The molecule has 1 N–H and O–H groups in total. The number of carbonyl (C=O) groups is 2. The molecule has 8 heteroatoms. The van der Waals surface area contributed by atoms with E-state index in [0.29, 0.717) is 23.6 Å². The summed E-state index contributed by atoms with van der Waals surface area (Å²) in [5, 5.41) is 6.77. The summed E-state index contributed by atoms with van der Waals surface area (Å²) < 4.78 is 21.9. The van der Waals surface area contributed by atoms with Crippen LogP contribution in [0.1, 0.15) is 35.4 Å². The number of hydrogen-bond donors (Lipinski definition) is 1. The van der Waals surface area contributed by atoms with Gasteiger partial charge in [0, 0.05) is 12.0 Å². The molecule has 0 spiro atoms. The van der Waals surface area contributed by atoms with Crippen LogP contribution in [0.5, 0.6) is 0 Å². The third-order valence-electron chi connectivity index (χ3n) is 6.04. The van der Waals surface area contributed by atoms with Crippen LogP contribution in [-0.2, 0) is 32.0 Å². The summed E-state index contributed by atoms with van der Waals surface area (Å²) in [4.78, 5) is 24.8. The van der Waals surface area contributed by atoms with Crippen molar-refractivity contribution in [2.75, 3.05) is 12.4 Å². The van der Waals surface area contributed by atoms with Gasteiger partial charge in [-0.3, -0.25) is 5.32 Å². The second-order valence-electron chi connectivity index (χ2n) is 8.76. The second-order valence-corrected chi connectivity index (χ2v) is 8.76. The Hall–Kier alpha value is -4.43. The molecular formula is C30H30N2O6. The monoisotopic (exact) mass is 514 g/mol. The van der Waals surface area contributed by atoms with E-state index < -0.39 is 24.3 Å². The van der Waals surface area contributed by atoms with Crippen LogP contribution in [0.2, 0.25) is 0 Å². The Bertz CT molecular complexity index is 1340. The van der Waals surface area contributed by atoms with Gasteiger partial charge < -0.3 is 18.7 Å². The van der Waals surface area contributed by atoms with Crippen molar-refractivity contribution in [1.82, 2.24) is 5.16 Å². The number of esters is 1. The summed E-state index contributed by atoms with van der Waals surface area (Å²) in [6.07, 6.45) is -1.34. The maximum Gasteiger partial charge on any atom is 0.412 e. The third kappa shape index (κ3) is 6.86. The first-order valence-electron chi connectivity index (χ1n) is 12.3. The number of aromatic nitrogens is 1. The molecule has 38 heavy (non-hydrogen) atoms. The standard InChI is InChI=1S/C30H30N2O6/c1-20-27(31-30(34)37-21(2)24-12-8-5-9-13-24)28(38-32-20)25-16-14-23(15-17-25)19-36-26(29(33)35-3)18-22-10-6-4-7-11-22/h4-17,21,26H,18-19H2,1-3H3,(H,31,34). The number of rotatable bonds is 10. The summed E-state index contributed by atoms with van der Waals surface area (Å²) >= 11 is 0. The summed E-state index contributed by atoms with van der Waals surface area (Å²) in [6, 6.07) is 26.5. The molecule has 2 atom stereocenters. The number of nitrogens with zero attached hydrogens (tertiary/aromatic N) is 1. The lowest BCUT2D eigenvalue weighted by Crippen LogP contribution is -2.27. The number of nitrogens with one attached hydrogen (secondary N) is 1. The predicted octanol–water partition coefficient (Wildman–Crippen LogP) is 6.26.